The van der Waals surface area contributed by atoms with E-state index in [1.807, 2.05) is 18.2 Å². The third kappa shape index (κ3) is 3.46. The Kier molecular flexibility index (Phi) is 4.79. The lowest BCUT2D eigenvalue weighted by molar-refractivity contribution is -0.116. The van der Waals surface area contributed by atoms with Crippen molar-refractivity contribution in [2.45, 2.75) is 13.5 Å². The lowest BCUT2D eigenvalue weighted by Crippen LogP contribution is -2.25. The summed E-state index contributed by atoms with van der Waals surface area (Å²) >= 11 is 0. The van der Waals surface area contributed by atoms with E-state index in [0.717, 1.165) is 0 Å². The third-order valence-electron chi connectivity index (χ3n) is 3.84. The number of pyridine rings is 2. The number of hydrogen-bond donors (Lipinski definition) is 1. The van der Waals surface area contributed by atoms with Gasteiger partial charge in [-0.1, -0.05) is 18.2 Å². The van der Waals surface area contributed by atoms with Crippen LogP contribution in [0.3, 0.4) is 0 Å². The molecule has 26 heavy (non-hydrogen) atoms. The normalized spacial score (nSPS) is 10.5. The minimum absolute atomic E-state index is 0.105. The van der Waals surface area contributed by atoms with Crippen molar-refractivity contribution >= 4 is 28.6 Å². The summed E-state index contributed by atoms with van der Waals surface area (Å²) in [4.78, 5) is 41.2. The Labute approximate surface area is 149 Å². The first-order chi connectivity index (χ1) is 12.5. The molecule has 2 heterocycles. The predicted octanol–water partition coefficient (Wildman–Crippen LogP) is 2.13. The Morgan fingerprint density at radius 1 is 1.15 bits per heavy atom. The van der Waals surface area contributed by atoms with Crippen molar-refractivity contribution in [3.05, 3.63) is 70.1 Å². The first kappa shape index (κ1) is 17.3. The number of carbonyl (C=O) groups excluding carboxylic acids is 2. The molecular weight excluding hydrogens is 334 g/mol. The molecule has 0 aliphatic rings. The van der Waals surface area contributed by atoms with Crippen molar-refractivity contribution < 1.29 is 14.3 Å². The zero-order chi connectivity index (χ0) is 18.7. The molecule has 0 fully saturated rings. The second-order valence-electron chi connectivity index (χ2n) is 5.73. The molecule has 0 atom stereocenters. The Balaban J connectivity index is 2.04. The molecule has 0 radical (unpaired) electrons. The molecule has 0 saturated carbocycles. The zero-order valence-corrected chi connectivity index (χ0v) is 14.4. The number of carbonyl (C=O) groups is 2. The van der Waals surface area contributed by atoms with E-state index in [0.29, 0.717) is 17.0 Å². The van der Waals surface area contributed by atoms with E-state index in [4.69, 9.17) is 0 Å². The van der Waals surface area contributed by atoms with Crippen LogP contribution in [-0.2, 0) is 16.1 Å². The van der Waals surface area contributed by atoms with Crippen LogP contribution in [0.2, 0.25) is 0 Å². The van der Waals surface area contributed by atoms with Crippen molar-refractivity contribution in [3.63, 3.8) is 0 Å². The van der Waals surface area contributed by atoms with E-state index in [9.17, 15) is 14.4 Å². The lowest BCUT2D eigenvalue weighted by atomic mass is 10.2. The highest BCUT2D eigenvalue weighted by atomic mass is 16.5. The maximum absolute atomic E-state index is 12.5. The van der Waals surface area contributed by atoms with Gasteiger partial charge in [0.1, 0.15) is 17.8 Å². The van der Waals surface area contributed by atoms with Crippen LogP contribution >= 0.6 is 0 Å². The maximum Gasteiger partial charge on any atom is 0.343 e. The largest absolute Gasteiger partial charge is 0.465 e. The molecule has 3 aromatic rings. The van der Waals surface area contributed by atoms with Crippen LogP contribution in [-0.4, -0.2) is 28.5 Å². The average Bonchev–Trinajstić information content (AvgIpc) is 2.64. The fraction of sp³-hybridized carbons (Fsp3) is 0.158. The number of aromatic nitrogens is 2. The fourth-order valence-electron chi connectivity index (χ4n) is 2.61. The van der Waals surface area contributed by atoms with E-state index in [2.05, 4.69) is 15.0 Å². The van der Waals surface area contributed by atoms with Crippen LogP contribution < -0.4 is 10.7 Å². The lowest BCUT2D eigenvalue weighted by Gasteiger charge is -2.13. The van der Waals surface area contributed by atoms with Gasteiger partial charge in [0.2, 0.25) is 11.3 Å². The second-order valence-corrected chi connectivity index (χ2v) is 5.73. The van der Waals surface area contributed by atoms with Gasteiger partial charge in [-0.05, 0) is 31.2 Å². The molecule has 3 rings (SSSR count). The summed E-state index contributed by atoms with van der Waals surface area (Å²) in [6.07, 6.45) is 1.31. The van der Waals surface area contributed by atoms with E-state index >= 15 is 0 Å². The summed E-state index contributed by atoms with van der Waals surface area (Å²) in [5.41, 5.74) is 1.07. The number of esters is 1. The van der Waals surface area contributed by atoms with Crippen LogP contribution in [0.4, 0.5) is 5.69 Å². The van der Waals surface area contributed by atoms with Gasteiger partial charge >= 0.3 is 5.97 Å². The number of methoxy groups -OCH3 is 1. The molecule has 1 N–H and O–H groups in total. The minimum Gasteiger partial charge on any atom is -0.465 e. The Morgan fingerprint density at radius 3 is 2.58 bits per heavy atom. The van der Waals surface area contributed by atoms with E-state index < -0.39 is 11.4 Å². The summed E-state index contributed by atoms with van der Waals surface area (Å²) in [7, 11) is 1.20. The van der Waals surface area contributed by atoms with Gasteiger partial charge in [-0.15, -0.1) is 0 Å². The monoisotopic (exact) mass is 351 g/mol. The quantitative estimate of drug-likeness (QED) is 0.727. The van der Waals surface area contributed by atoms with Crippen LogP contribution in [0.1, 0.15) is 16.1 Å². The highest BCUT2D eigenvalue weighted by molar-refractivity contribution is 5.94. The average molecular weight is 351 g/mol. The SMILES string of the molecule is COC(=O)c1cn(CC(=O)Nc2ccccc2)c2nc(C)ccc2c1=O. The number of rotatable bonds is 4. The highest BCUT2D eigenvalue weighted by Crippen LogP contribution is 2.12. The van der Waals surface area contributed by atoms with Crippen LogP contribution in [0.5, 0.6) is 0 Å². The van der Waals surface area contributed by atoms with Crippen LogP contribution in [0.15, 0.2) is 53.5 Å². The summed E-state index contributed by atoms with van der Waals surface area (Å²) in [6, 6.07) is 12.3. The zero-order valence-electron chi connectivity index (χ0n) is 14.4. The molecule has 1 aromatic carbocycles. The topological polar surface area (TPSA) is 90.3 Å². The number of para-hydroxylation sites is 1. The molecule has 0 spiro atoms. The fourth-order valence-corrected chi connectivity index (χ4v) is 2.61. The number of hydrogen-bond acceptors (Lipinski definition) is 5. The summed E-state index contributed by atoms with van der Waals surface area (Å²) in [5, 5.41) is 3.02. The number of benzene rings is 1. The van der Waals surface area contributed by atoms with Gasteiger partial charge < -0.3 is 14.6 Å². The third-order valence-corrected chi connectivity index (χ3v) is 3.84. The highest BCUT2D eigenvalue weighted by Gasteiger charge is 2.18. The number of nitrogens with one attached hydrogen (secondary N) is 1. The Morgan fingerprint density at radius 2 is 1.88 bits per heavy atom. The minimum atomic E-state index is -0.755. The molecule has 7 heteroatoms. The van der Waals surface area contributed by atoms with Crippen molar-refractivity contribution in [1.29, 1.82) is 0 Å². The Hall–Kier alpha value is -3.48. The molecule has 0 aliphatic heterocycles. The summed E-state index contributed by atoms with van der Waals surface area (Å²) < 4.78 is 6.15. The first-order valence-electron chi connectivity index (χ1n) is 7.93. The van der Waals surface area contributed by atoms with E-state index in [1.54, 1.807) is 31.2 Å². The van der Waals surface area contributed by atoms with Gasteiger partial charge in [-0.25, -0.2) is 9.78 Å². The molecular formula is C19H17N3O4. The van der Waals surface area contributed by atoms with E-state index in [-0.39, 0.29) is 23.4 Å². The van der Waals surface area contributed by atoms with Crippen LogP contribution in [0, 0.1) is 6.92 Å². The van der Waals surface area contributed by atoms with Gasteiger partial charge in [0.05, 0.1) is 12.5 Å². The molecule has 132 valence electrons. The van der Waals surface area contributed by atoms with Gasteiger partial charge in [0.15, 0.2) is 0 Å². The Bertz CT molecular complexity index is 1040. The molecule has 2 aromatic heterocycles. The number of fused-ring (bicyclic) bond motifs is 1. The standard InChI is InChI=1S/C19H17N3O4/c1-12-8-9-14-17(24)15(19(25)26-2)10-22(18(14)20-12)11-16(23)21-13-6-4-3-5-7-13/h3-10H,11H2,1-2H3,(H,21,23). The summed E-state index contributed by atoms with van der Waals surface area (Å²) in [6.45, 7) is 1.68. The first-order valence-corrected chi connectivity index (χ1v) is 7.93. The van der Waals surface area contributed by atoms with Gasteiger partial charge in [-0.2, -0.15) is 0 Å². The number of nitrogens with zero attached hydrogens (tertiary/aromatic N) is 2. The van der Waals surface area contributed by atoms with E-state index in [1.165, 1.54) is 17.9 Å². The molecule has 7 nitrogen and oxygen atoms in total. The van der Waals surface area contributed by atoms with Crippen molar-refractivity contribution in [2.75, 3.05) is 12.4 Å². The molecule has 0 bridgehead atoms. The molecule has 0 saturated heterocycles. The number of amides is 1. The van der Waals surface area contributed by atoms with Gasteiger partial charge in [0, 0.05) is 17.6 Å². The van der Waals surface area contributed by atoms with Crippen LogP contribution in [0.25, 0.3) is 11.0 Å². The van der Waals surface area contributed by atoms with Gasteiger partial charge in [0.25, 0.3) is 0 Å². The van der Waals surface area contributed by atoms with Gasteiger partial charge in [-0.3, -0.25) is 9.59 Å². The van der Waals surface area contributed by atoms with Crippen molar-refractivity contribution in [3.8, 4) is 0 Å². The van der Waals surface area contributed by atoms with Crippen molar-refractivity contribution in [1.82, 2.24) is 9.55 Å². The summed E-state index contributed by atoms with van der Waals surface area (Å²) in [5.74, 6) is -1.06. The van der Waals surface area contributed by atoms with Crippen molar-refractivity contribution in [2.24, 2.45) is 0 Å². The smallest absolute Gasteiger partial charge is 0.343 e. The molecule has 1 amide bonds. The predicted molar refractivity (Wildman–Crippen MR) is 97.2 cm³/mol. The number of ether oxygens (including phenoxy) is 1. The molecule has 0 aliphatic carbocycles. The second kappa shape index (κ2) is 7.18. The number of anilines is 1. The molecule has 0 unspecified atom stereocenters. The maximum atomic E-state index is 12.5. The number of aryl methyl sites for hydroxylation is 1.